The average molecular weight is 504 g/mol. The van der Waals surface area contributed by atoms with Crippen molar-refractivity contribution in [3.63, 3.8) is 0 Å². The van der Waals surface area contributed by atoms with Crippen molar-refractivity contribution in [2.24, 2.45) is 23.7 Å². The number of rotatable bonds is 10. The molecule has 13 heteroatoms. The third-order valence-electron chi connectivity index (χ3n) is 6.87. The molecule has 0 heterocycles. The van der Waals surface area contributed by atoms with Crippen LogP contribution in [0.25, 0.3) is 0 Å². The van der Waals surface area contributed by atoms with Gasteiger partial charge in [-0.3, -0.25) is 14.1 Å². The number of carbonyl (C=O) groups is 2. The number of halogens is 2. The van der Waals surface area contributed by atoms with Crippen LogP contribution in [-0.2, 0) is 43.4 Å². The van der Waals surface area contributed by atoms with E-state index in [2.05, 4.69) is 0 Å². The summed E-state index contributed by atoms with van der Waals surface area (Å²) in [6.07, 6.45) is -2.90. The number of esters is 2. The lowest BCUT2D eigenvalue weighted by molar-refractivity contribution is -0.176. The Morgan fingerprint density at radius 2 is 1.43 bits per heavy atom. The van der Waals surface area contributed by atoms with Gasteiger partial charge in [-0.05, 0) is 48.6 Å². The fraction of sp³-hybridized carbons (Fsp3) is 0.636. The van der Waals surface area contributed by atoms with Gasteiger partial charge in [-0.25, -0.2) is 8.78 Å². The van der Waals surface area contributed by atoms with Gasteiger partial charge in [0.1, 0.15) is 11.5 Å². The van der Waals surface area contributed by atoms with Crippen LogP contribution in [0.5, 0.6) is 5.75 Å². The lowest BCUT2D eigenvalue weighted by atomic mass is 9.58. The summed E-state index contributed by atoms with van der Waals surface area (Å²) in [6.45, 7) is 0. The maximum atomic E-state index is 13.4. The molecule has 4 rings (SSSR count). The Labute approximate surface area is 207 Å². The first-order valence-corrected chi connectivity index (χ1v) is 13.0. The van der Waals surface area contributed by atoms with E-state index < -0.39 is 52.2 Å². The fourth-order valence-corrected chi connectivity index (χ4v) is 5.90. The maximum Gasteiger partial charge on any atom is 0.315 e. The first-order chi connectivity index (χ1) is 16.5. The van der Waals surface area contributed by atoms with E-state index in [4.69, 9.17) is 37.6 Å². The zero-order valence-corrected chi connectivity index (χ0v) is 19.9. The molecule has 0 spiro atoms. The second-order valence-corrected chi connectivity index (χ2v) is 10.6. The van der Waals surface area contributed by atoms with Gasteiger partial charge >= 0.3 is 11.9 Å². The van der Waals surface area contributed by atoms with Gasteiger partial charge in [0.25, 0.3) is 16.5 Å². The van der Waals surface area contributed by atoms with Crippen LogP contribution < -0.4 is 4.74 Å². The van der Waals surface area contributed by atoms with Crippen molar-refractivity contribution in [3.8, 4) is 5.75 Å². The number of benzene rings is 1. The monoisotopic (exact) mass is 504 g/mol. The number of hydrogen-bond donors (Lipinski definition) is 1. The third kappa shape index (κ3) is 6.47. The Hall–Kier alpha value is -1.88. The molecule has 3 unspecified atom stereocenters. The van der Waals surface area contributed by atoms with Gasteiger partial charge in [0.2, 0.25) is 0 Å². The second kappa shape index (κ2) is 11.5. The molecule has 3 saturated carbocycles. The molecule has 6 radical (unpaired) electrons. The van der Waals surface area contributed by atoms with Gasteiger partial charge in [0.15, 0.2) is 6.10 Å². The zero-order chi connectivity index (χ0) is 25.9. The first-order valence-electron chi connectivity index (χ1n) is 11.4. The second-order valence-electron chi connectivity index (χ2n) is 9.06. The summed E-state index contributed by atoms with van der Waals surface area (Å²) in [6, 6.07) is 3.40. The summed E-state index contributed by atoms with van der Waals surface area (Å²) in [4.78, 5) is 26.4. The van der Waals surface area contributed by atoms with Crippen LogP contribution in [0.1, 0.15) is 42.4 Å². The van der Waals surface area contributed by atoms with E-state index >= 15 is 0 Å². The van der Waals surface area contributed by atoms with Crippen LogP contribution in [0.4, 0.5) is 8.78 Å². The predicted molar refractivity (Wildman–Crippen MR) is 125 cm³/mol. The molecule has 1 aromatic rings. The van der Waals surface area contributed by atoms with E-state index in [1.807, 2.05) is 0 Å². The zero-order valence-electron chi connectivity index (χ0n) is 19.1. The molecule has 3 atom stereocenters. The number of fused-ring (bicyclic) bond motifs is 3. The molecule has 0 amide bonds. The molecule has 0 aliphatic heterocycles. The summed E-state index contributed by atoms with van der Waals surface area (Å²) in [5, 5.41) is 0. The van der Waals surface area contributed by atoms with Crippen LogP contribution in [0.2, 0.25) is 0 Å². The van der Waals surface area contributed by atoms with E-state index in [0.29, 0.717) is 36.8 Å². The van der Waals surface area contributed by atoms with Gasteiger partial charge < -0.3 is 9.47 Å². The van der Waals surface area contributed by atoms with Crippen molar-refractivity contribution < 1.29 is 40.8 Å². The fourth-order valence-electron chi connectivity index (χ4n) is 5.27. The first kappa shape index (κ1) is 27.7. The predicted octanol–water partition coefficient (Wildman–Crippen LogP) is 1.71. The topological polar surface area (TPSA) is 107 Å². The van der Waals surface area contributed by atoms with E-state index in [0.717, 1.165) is 5.56 Å². The molecule has 2 bridgehead atoms. The Balaban J connectivity index is 1.88. The third-order valence-corrected chi connectivity index (χ3v) is 7.62. The van der Waals surface area contributed by atoms with Crippen LogP contribution in [-0.4, -0.2) is 66.7 Å². The number of alkyl halides is 2. The number of carbonyl (C=O) groups excluding carboxylic acids is 2. The highest BCUT2D eigenvalue weighted by molar-refractivity contribution is 7.85. The standard InChI is InChI=1S/C22H25B3F2O7S/c23-7-11-5-14(8-24)19(15(6-11)9-25)34-22(29)18-13-3-1-12(2-4-13)17(18)21(28)33-16(20(26)27)10-35(30,31)32/h5-6,12-13,16-18,20H,1-4,7-10H2,(H,30,31,32). The molecular weight excluding hydrogens is 479 g/mol. The molecule has 3 fully saturated rings. The van der Waals surface area contributed by atoms with E-state index in [9.17, 15) is 26.8 Å². The minimum atomic E-state index is -4.83. The molecule has 0 aromatic heterocycles. The highest BCUT2D eigenvalue weighted by atomic mass is 32.2. The number of ether oxygens (including phenoxy) is 2. The van der Waals surface area contributed by atoms with Crippen molar-refractivity contribution in [2.45, 2.75) is 57.2 Å². The van der Waals surface area contributed by atoms with Gasteiger partial charge in [0.05, 0.1) is 35.4 Å². The average Bonchev–Trinajstić information content (AvgIpc) is 2.82. The highest BCUT2D eigenvalue weighted by Crippen LogP contribution is 2.50. The Morgan fingerprint density at radius 3 is 1.83 bits per heavy atom. The largest absolute Gasteiger partial charge is 0.455 e. The molecule has 0 saturated heterocycles. The Morgan fingerprint density at radius 1 is 0.943 bits per heavy atom. The molecule has 184 valence electrons. The van der Waals surface area contributed by atoms with Crippen LogP contribution in [0.3, 0.4) is 0 Å². The van der Waals surface area contributed by atoms with Crippen LogP contribution in [0.15, 0.2) is 12.1 Å². The van der Waals surface area contributed by atoms with Crippen LogP contribution in [0, 0.1) is 23.7 Å². The summed E-state index contributed by atoms with van der Waals surface area (Å²) in [5.74, 6) is -5.68. The van der Waals surface area contributed by atoms with E-state index in [-0.39, 0.29) is 36.5 Å². The Bertz CT molecular complexity index is 1020. The van der Waals surface area contributed by atoms with Crippen molar-refractivity contribution in [1.29, 1.82) is 0 Å². The molecule has 1 aromatic carbocycles. The maximum absolute atomic E-state index is 13.4. The quantitative estimate of drug-likeness (QED) is 0.224. The van der Waals surface area contributed by atoms with Crippen LogP contribution >= 0.6 is 0 Å². The SMILES string of the molecule is [B]Cc1cc(C[B])c(OC(=O)C2C3CCC(CC3)C2C(=O)OC(CS(=O)(=O)O)C(F)F)c(C[B])c1. The summed E-state index contributed by atoms with van der Waals surface area (Å²) < 4.78 is 68.4. The summed E-state index contributed by atoms with van der Waals surface area (Å²) >= 11 is 0. The summed E-state index contributed by atoms with van der Waals surface area (Å²) in [5.41, 5.74) is 1.77. The van der Waals surface area contributed by atoms with Crippen molar-refractivity contribution in [3.05, 3.63) is 28.8 Å². The minimum Gasteiger partial charge on any atom is -0.455 e. The molecule has 1 N–H and O–H groups in total. The smallest absolute Gasteiger partial charge is 0.315 e. The molecular formula is C22H25B3F2O7S. The van der Waals surface area contributed by atoms with Gasteiger partial charge in [-0.2, -0.15) is 8.42 Å². The van der Waals surface area contributed by atoms with Gasteiger partial charge in [0, 0.05) is 0 Å². The van der Waals surface area contributed by atoms with Crippen molar-refractivity contribution >= 4 is 45.6 Å². The van der Waals surface area contributed by atoms with Crippen molar-refractivity contribution in [2.75, 3.05) is 5.75 Å². The highest BCUT2D eigenvalue weighted by Gasteiger charge is 2.52. The molecule has 35 heavy (non-hydrogen) atoms. The minimum absolute atomic E-state index is 0.0390. The lowest BCUT2D eigenvalue weighted by Crippen LogP contribution is -2.50. The molecule has 3 aliphatic carbocycles. The normalized spacial score (nSPS) is 24.8. The molecule has 3 aliphatic rings. The van der Waals surface area contributed by atoms with Crippen molar-refractivity contribution in [1.82, 2.24) is 0 Å². The van der Waals surface area contributed by atoms with Gasteiger partial charge in [-0.15, -0.1) is 0 Å². The van der Waals surface area contributed by atoms with Gasteiger partial charge in [-0.1, -0.05) is 36.7 Å². The van der Waals surface area contributed by atoms with E-state index in [1.54, 1.807) is 12.1 Å². The summed E-state index contributed by atoms with van der Waals surface area (Å²) in [7, 11) is 12.5. The molecule has 7 nitrogen and oxygen atoms in total. The lowest BCUT2D eigenvalue weighted by Gasteiger charge is -2.46. The number of hydrogen-bond acceptors (Lipinski definition) is 6. The Kier molecular flexibility index (Phi) is 9.07. The van der Waals surface area contributed by atoms with E-state index in [1.165, 1.54) is 0 Å².